The van der Waals surface area contributed by atoms with Crippen LogP contribution < -0.4 is 5.32 Å². The molecule has 0 bridgehead atoms. The highest BCUT2D eigenvalue weighted by atomic mass is 16.1. The Morgan fingerprint density at radius 1 is 1.18 bits per heavy atom. The molecule has 0 saturated heterocycles. The minimum Gasteiger partial charge on any atom is -0.314 e. The van der Waals surface area contributed by atoms with Gasteiger partial charge in [-0.3, -0.25) is 10.1 Å². The lowest BCUT2D eigenvalue weighted by Crippen LogP contribution is -2.15. The van der Waals surface area contributed by atoms with Gasteiger partial charge in [0.25, 0.3) is 5.91 Å². The van der Waals surface area contributed by atoms with Crippen molar-refractivity contribution >= 4 is 11.9 Å². The molecule has 1 aromatic carbocycles. The fraction of sp³-hybridized carbons (Fsp3) is 0.250. The number of nitrogens with zero attached hydrogens (tertiary/aromatic N) is 3. The number of rotatable bonds is 2. The lowest BCUT2D eigenvalue weighted by molar-refractivity contribution is 0.102. The Morgan fingerprint density at radius 3 is 2.27 bits per heavy atom. The van der Waals surface area contributed by atoms with Crippen molar-refractivity contribution < 1.29 is 4.79 Å². The van der Waals surface area contributed by atoms with Gasteiger partial charge in [0.15, 0.2) is 11.4 Å². The number of nitriles is 2. The second-order valence-electron chi connectivity index (χ2n) is 5.81. The van der Waals surface area contributed by atoms with Crippen LogP contribution in [0.4, 0.5) is 5.95 Å². The molecule has 0 atom stereocenters. The van der Waals surface area contributed by atoms with E-state index in [1.807, 2.05) is 18.2 Å². The van der Waals surface area contributed by atoms with Gasteiger partial charge < -0.3 is 4.98 Å². The first kappa shape index (κ1) is 15.3. The lowest BCUT2D eigenvalue weighted by atomic mass is 9.87. The lowest BCUT2D eigenvalue weighted by Gasteiger charge is -2.18. The van der Waals surface area contributed by atoms with E-state index in [4.69, 9.17) is 10.5 Å². The molecule has 22 heavy (non-hydrogen) atoms. The van der Waals surface area contributed by atoms with Crippen molar-refractivity contribution in [1.82, 2.24) is 9.97 Å². The number of aromatic amines is 1. The van der Waals surface area contributed by atoms with Gasteiger partial charge in [0.05, 0.1) is 0 Å². The maximum absolute atomic E-state index is 12.1. The maximum atomic E-state index is 12.1. The van der Waals surface area contributed by atoms with Crippen LogP contribution in [-0.2, 0) is 5.41 Å². The van der Waals surface area contributed by atoms with E-state index in [9.17, 15) is 4.79 Å². The first-order valence-corrected chi connectivity index (χ1v) is 6.67. The van der Waals surface area contributed by atoms with Gasteiger partial charge >= 0.3 is 0 Å². The smallest absolute Gasteiger partial charge is 0.257 e. The predicted molar refractivity (Wildman–Crippen MR) is 81.1 cm³/mol. The Morgan fingerprint density at radius 2 is 1.82 bits per heavy atom. The Labute approximate surface area is 128 Å². The second kappa shape index (κ2) is 5.71. The number of aromatic nitrogens is 2. The zero-order valence-corrected chi connectivity index (χ0v) is 12.6. The molecule has 110 valence electrons. The number of hydrogen-bond acceptors (Lipinski definition) is 4. The molecule has 0 unspecified atom stereocenters. The molecule has 0 fully saturated rings. The number of nitrogens with one attached hydrogen (secondary N) is 2. The van der Waals surface area contributed by atoms with Crippen molar-refractivity contribution in [2.24, 2.45) is 0 Å². The molecule has 2 rings (SSSR count). The highest BCUT2D eigenvalue weighted by Gasteiger charge is 2.16. The Balaban J connectivity index is 2.18. The third-order valence-electron chi connectivity index (χ3n) is 3.17. The van der Waals surface area contributed by atoms with Gasteiger partial charge in [0, 0.05) is 5.56 Å². The molecule has 2 aromatic rings. The van der Waals surface area contributed by atoms with Crippen LogP contribution in [0, 0.1) is 22.7 Å². The Bertz CT molecular complexity index is 750. The van der Waals surface area contributed by atoms with E-state index in [-0.39, 0.29) is 28.7 Å². The summed E-state index contributed by atoms with van der Waals surface area (Å²) in [5.41, 5.74) is 1.60. The molecular formula is C16H15N5O. The van der Waals surface area contributed by atoms with E-state index in [0.717, 1.165) is 5.56 Å². The number of anilines is 1. The molecule has 0 aliphatic carbocycles. The second-order valence-corrected chi connectivity index (χ2v) is 5.81. The summed E-state index contributed by atoms with van der Waals surface area (Å²) in [6.07, 6.45) is 0. The monoisotopic (exact) mass is 293 g/mol. The van der Waals surface area contributed by atoms with Crippen LogP contribution in [0.1, 0.15) is 48.1 Å². The average Bonchev–Trinajstić information content (AvgIpc) is 2.88. The summed E-state index contributed by atoms with van der Waals surface area (Å²) in [4.78, 5) is 18.6. The van der Waals surface area contributed by atoms with Gasteiger partial charge in [-0.25, -0.2) is 4.98 Å². The number of carbonyl (C=O) groups is 1. The molecule has 6 heteroatoms. The minimum atomic E-state index is -0.358. The van der Waals surface area contributed by atoms with Crippen LogP contribution in [-0.4, -0.2) is 15.9 Å². The molecule has 1 amide bonds. The van der Waals surface area contributed by atoms with Crippen LogP contribution in [0.2, 0.25) is 0 Å². The van der Waals surface area contributed by atoms with Crippen molar-refractivity contribution in [1.29, 1.82) is 10.5 Å². The van der Waals surface area contributed by atoms with E-state index >= 15 is 0 Å². The largest absolute Gasteiger partial charge is 0.314 e. The van der Waals surface area contributed by atoms with Crippen molar-refractivity contribution in [3.63, 3.8) is 0 Å². The zero-order valence-electron chi connectivity index (χ0n) is 12.6. The van der Waals surface area contributed by atoms with E-state index < -0.39 is 0 Å². The van der Waals surface area contributed by atoms with Gasteiger partial charge in [-0.1, -0.05) is 32.9 Å². The summed E-state index contributed by atoms with van der Waals surface area (Å²) in [6, 6.07) is 10.9. The molecule has 6 nitrogen and oxygen atoms in total. The first-order chi connectivity index (χ1) is 10.3. The van der Waals surface area contributed by atoms with Crippen LogP contribution in [0.3, 0.4) is 0 Å². The van der Waals surface area contributed by atoms with Gasteiger partial charge in [-0.15, -0.1) is 0 Å². The number of carbonyl (C=O) groups excluding carboxylic acids is 1. The van der Waals surface area contributed by atoms with Crippen molar-refractivity contribution in [2.75, 3.05) is 5.32 Å². The Hall–Kier alpha value is -3.12. The molecule has 2 N–H and O–H groups in total. The van der Waals surface area contributed by atoms with E-state index in [1.165, 1.54) is 0 Å². The fourth-order valence-electron chi connectivity index (χ4n) is 1.90. The molecule has 1 heterocycles. The van der Waals surface area contributed by atoms with Crippen molar-refractivity contribution in [3.05, 3.63) is 46.8 Å². The maximum Gasteiger partial charge on any atom is 0.257 e. The van der Waals surface area contributed by atoms with Crippen molar-refractivity contribution in [3.8, 4) is 12.1 Å². The Kier molecular flexibility index (Phi) is 3.96. The quantitative estimate of drug-likeness (QED) is 0.887. The molecule has 0 saturated carbocycles. The summed E-state index contributed by atoms with van der Waals surface area (Å²) in [5, 5.41) is 20.2. The number of benzene rings is 1. The van der Waals surface area contributed by atoms with Crippen LogP contribution in [0.5, 0.6) is 0 Å². The predicted octanol–water partition coefficient (Wildman–Crippen LogP) is 2.70. The van der Waals surface area contributed by atoms with Crippen LogP contribution >= 0.6 is 0 Å². The number of H-pyrrole nitrogens is 1. The number of imidazole rings is 1. The van der Waals surface area contributed by atoms with Gasteiger partial charge in [0.1, 0.15) is 12.1 Å². The fourth-order valence-corrected chi connectivity index (χ4v) is 1.90. The summed E-state index contributed by atoms with van der Waals surface area (Å²) in [6.45, 7) is 6.29. The third-order valence-corrected chi connectivity index (χ3v) is 3.17. The highest BCUT2D eigenvalue weighted by molar-refractivity contribution is 6.03. The van der Waals surface area contributed by atoms with Crippen LogP contribution in [0.25, 0.3) is 0 Å². The molecule has 0 radical (unpaired) electrons. The molecule has 0 spiro atoms. The molecular weight excluding hydrogens is 278 g/mol. The average molecular weight is 293 g/mol. The normalized spacial score (nSPS) is 10.6. The summed E-state index contributed by atoms with van der Waals surface area (Å²) >= 11 is 0. The number of hydrogen-bond donors (Lipinski definition) is 2. The minimum absolute atomic E-state index is 0.0133. The highest BCUT2D eigenvalue weighted by Crippen LogP contribution is 2.22. The summed E-state index contributed by atoms with van der Waals surface area (Å²) in [7, 11) is 0. The van der Waals surface area contributed by atoms with E-state index in [0.29, 0.717) is 5.56 Å². The van der Waals surface area contributed by atoms with Crippen molar-refractivity contribution in [2.45, 2.75) is 26.2 Å². The van der Waals surface area contributed by atoms with Gasteiger partial charge in [0.2, 0.25) is 5.95 Å². The third kappa shape index (κ3) is 3.13. The van der Waals surface area contributed by atoms with E-state index in [1.54, 1.807) is 18.2 Å². The van der Waals surface area contributed by atoms with Crippen LogP contribution in [0.15, 0.2) is 24.3 Å². The zero-order chi connectivity index (χ0) is 16.3. The van der Waals surface area contributed by atoms with Gasteiger partial charge in [-0.2, -0.15) is 10.5 Å². The van der Waals surface area contributed by atoms with E-state index in [2.05, 4.69) is 36.1 Å². The summed E-state index contributed by atoms with van der Waals surface area (Å²) in [5.74, 6) is -0.277. The number of amides is 1. The first-order valence-electron chi connectivity index (χ1n) is 6.67. The molecule has 1 aromatic heterocycles. The topological polar surface area (TPSA) is 105 Å². The summed E-state index contributed by atoms with van der Waals surface area (Å²) < 4.78 is 0. The molecule has 0 aliphatic heterocycles. The SMILES string of the molecule is CC(C)(C)c1ccc(C(=O)Nc2nc(C#N)c(C#N)[nH]2)cc1. The van der Waals surface area contributed by atoms with Gasteiger partial charge in [-0.05, 0) is 23.1 Å². The standard InChI is InChI=1S/C16H15N5O/c1-16(2,3)11-6-4-10(5-7-11)14(22)21-15-19-12(8-17)13(9-18)20-15/h4-7H,1-3H3,(H2,19,20,21,22). The molecule has 0 aliphatic rings.